The van der Waals surface area contributed by atoms with E-state index in [2.05, 4.69) is 31.2 Å². The lowest BCUT2D eigenvalue weighted by atomic mass is 9.72. The van der Waals surface area contributed by atoms with Crippen LogP contribution in [-0.2, 0) is 12.8 Å². The van der Waals surface area contributed by atoms with E-state index in [0.29, 0.717) is 33.5 Å². The summed E-state index contributed by atoms with van der Waals surface area (Å²) < 4.78 is 5.32. The number of carbonyl (C=O) groups excluding carboxylic acids is 2. The topological polar surface area (TPSA) is 98.2 Å². The van der Waals surface area contributed by atoms with Gasteiger partial charge in [0.2, 0.25) is 0 Å². The van der Waals surface area contributed by atoms with Crippen LogP contribution in [-0.4, -0.2) is 17.0 Å². The van der Waals surface area contributed by atoms with Crippen molar-refractivity contribution in [3.8, 4) is 11.3 Å². The van der Waals surface area contributed by atoms with Gasteiger partial charge in [-0.25, -0.2) is 0 Å². The Morgan fingerprint density at radius 3 is 2.55 bits per heavy atom. The van der Waals surface area contributed by atoms with Crippen LogP contribution in [0.2, 0.25) is 0 Å². The molecule has 1 aliphatic carbocycles. The smallest absolute Gasteiger partial charge is 0.262 e. The lowest BCUT2D eigenvalue weighted by Gasteiger charge is -2.33. The first-order valence-corrected chi connectivity index (χ1v) is 11.3. The third-order valence-corrected chi connectivity index (χ3v) is 7.27. The molecule has 3 N–H and O–H groups in total. The molecule has 1 aliphatic rings. The number of fused-ring (bicyclic) bond motifs is 1. The Balaban J connectivity index is 1.69. The number of amides is 2. The highest BCUT2D eigenvalue weighted by atomic mass is 32.1. The minimum Gasteiger partial charge on any atom is -0.365 e. The average Bonchev–Trinajstić information content (AvgIpc) is 3.27. The lowest BCUT2D eigenvalue weighted by Crippen LogP contribution is -2.27. The minimum absolute atomic E-state index is 0.183. The van der Waals surface area contributed by atoms with Crippen LogP contribution in [0.5, 0.6) is 0 Å². The first-order chi connectivity index (χ1) is 14.7. The molecule has 0 bridgehead atoms. The zero-order valence-corrected chi connectivity index (χ0v) is 19.1. The molecule has 0 aliphatic heterocycles. The quantitative estimate of drug-likeness (QED) is 0.585. The number of nitrogens with two attached hydrogens (primary N) is 1. The second-order valence-electron chi connectivity index (χ2n) is 9.16. The van der Waals surface area contributed by atoms with Crippen molar-refractivity contribution in [2.45, 2.75) is 47.0 Å². The maximum Gasteiger partial charge on any atom is 0.262 e. The Morgan fingerprint density at radius 1 is 1.19 bits per heavy atom. The summed E-state index contributed by atoms with van der Waals surface area (Å²) >= 11 is 1.46. The zero-order valence-electron chi connectivity index (χ0n) is 18.2. The molecule has 2 amide bonds. The van der Waals surface area contributed by atoms with Crippen LogP contribution in [0.15, 0.2) is 34.9 Å². The van der Waals surface area contributed by atoms with Crippen molar-refractivity contribution in [2.24, 2.45) is 17.1 Å². The van der Waals surface area contributed by atoms with Crippen LogP contribution < -0.4 is 11.1 Å². The number of aromatic nitrogens is 1. The second-order valence-corrected chi connectivity index (χ2v) is 10.3. The molecule has 0 fully saturated rings. The van der Waals surface area contributed by atoms with Crippen molar-refractivity contribution in [1.29, 1.82) is 0 Å². The first-order valence-electron chi connectivity index (χ1n) is 10.4. The molecule has 1 atom stereocenters. The predicted molar refractivity (Wildman–Crippen MR) is 122 cm³/mol. The van der Waals surface area contributed by atoms with Crippen molar-refractivity contribution >= 4 is 28.2 Å². The molecular formula is C24H27N3O3S. The van der Waals surface area contributed by atoms with E-state index in [1.54, 1.807) is 6.92 Å². The number of anilines is 1. The van der Waals surface area contributed by atoms with E-state index in [-0.39, 0.29) is 11.3 Å². The Hall–Kier alpha value is -2.93. The highest BCUT2D eigenvalue weighted by molar-refractivity contribution is 7.17. The molecule has 3 aromatic rings. The number of thiophene rings is 1. The normalized spacial score (nSPS) is 16.1. The van der Waals surface area contributed by atoms with Gasteiger partial charge in [0.05, 0.1) is 5.56 Å². The minimum atomic E-state index is -0.507. The van der Waals surface area contributed by atoms with Gasteiger partial charge < -0.3 is 15.6 Å². The summed E-state index contributed by atoms with van der Waals surface area (Å²) in [6, 6.07) is 9.41. The SMILES string of the molecule is Cc1onc(-c2ccccc2)c1C(=O)Nc1sc2c(c1C(N)=O)CC[C@@H](C(C)(C)C)C2. The second kappa shape index (κ2) is 7.96. The molecule has 31 heavy (non-hydrogen) atoms. The van der Waals surface area contributed by atoms with Crippen molar-refractivity contribution < 1.29 is 14.1 Å². The largest absolute Gasteiger partial charge is 0.365 e. The molecule has 0 radical (unpaired) electrons. The van der Waals surface area contributed by atoms with Gasteiger partial charge >= 0.3 is 0 Å². The van der Waals surface area contributed by atoms with E-state index in [4.69, 9.17) is 10.3 Å². The van der Waals surface area contributed by atoms with E-state index in [9.17, 15) is 9.59 Å². The predicted octanol–water partition coefficient (Wildman–Crippen LogP) is 5.21. The number of hydrogen-bond donors (Lipinski definition) is 2. The molecule has 7 heteroatoms. The van der Waals surface area contributed by atoms with Crippen molar-refractivity contribution in [3.05, 3.63) is 57.7 Å². The Bertz CT molecular complexity index is 1140. The van der Waals surface area contributed by atoms with E-state index in [1.807, 2.05) is 30.3 Å². The highest BCUT2D eigenvalue weighted by Gasteiger charge is 2.34. The summed E-state index contributed by atoms with van der Waals surface area (Å²) in [5, 5.41) is 7.53. The molecule has 0 saturated carbocycles. The average molecular weight is 438 g/mol. The maximum atomic E-state index is 13.2. The Morgan fingerprint density at radius 2 is 1.90 bits per heavy atom. The summed E-state index contributed by atoms with van der Waals surface area (Å²) in [5.74, 6) is 0.0810. The van der Waals surface area contributed by atoms with E-state index >= 15 is 0 Å². The molecule has 4 rings (SSSR count). The van der Waals surface area contributed by atoms with Crippen LogP contribution in [0.3, 0.4) is 0 Å². The van der Waals surface area contributed by atoms with E-state index < -0.39 is 5.91 Å². The van der Waals surface area contributed by atoms with Crippen LogP contribution >= 0.6 is 11.3 Å². The maximum absolute atomic E-state index is 13.2. The lowest BCUT2D eigenvalue weighted by molar-refractivity contribution is 0.1000. The van der Waals surface area contributed by atoms with E-state index in [0.717, 1.165) is 35.3 Å². The number of benzene rings is 1. The van der Waals surface area contributed by atoms with Gasteiger partial charge in [-0.05, 0) is 43.1 Å². The fourth-order valence-electron chi connectivity index (χ4n) is 4.27. The summed E-state index contributed by atoms with van der Waals surface area (Å²) in [5.41, 5.74) is 8.97. The van der Waals surface area contributed by atoms with Gasteiger partial charge in [0.15, 0.2) is 0 Å². The Kier molecular flexibility index (Phi) is 5.47. The number of nitrogens with one attached hydrogen (secondary N) is 1. The van der Waals surface area contributed by atoms with Crippen molar-refractivity contribution in [2.75, 3.05) is 5.32 Å². The molecule has 0 saturated heterocycles. The van der Waals surface area contributed by atoms with Crippen LogP contribution in [0.25, 0.3) is 11.3 Å². The van der Waals surface area contributed by atoms with Gasteiger partial charge in [0.1, 0.15) is 22.0 Å². The molecule has 6 nitrogen and oxygen atoms in total. The van der Waals surface area contributed by atoms with E-state index in [1.165, 1.54) is 11.3 Å². The highest BCUT2D eigenvalue weighted by Crippen LogP contribution is 2.44. The Labute approximate surface area is 185 Å². The number of carbonyl (C=O) groups is 2. The molecule has 2 aromatic heterocycles. The van der Waals surface area contributed by atoms with Crippen LogP contribution in [0.4, 0.5) is 5.00 Å². The van der Waals surface area contributed by atoms with Gasteiger partial charge in [0, 0.05) is 10.4 Å². The first kappa shape index (κ1) is 21.3. The van der Waals surface area contributed by atoms with Gasteiger partial charge in [-0.15, -0.1) is 11.3 Å². The van der Waals surface area contributed by atoms with Gasteiger partial charge in [-0.1, -0.05) is 56.3 Å². The number of nitrogens with zero attached hydrogens (tertiary/aromatic N) is 1. The van der Waals surface area contributed by atoms with Crippen molar-refractivity contribution in [1.82, 2.24) is 5.16 Å². The molecule has 0 spiro atoms. The standard InChI is InChI=1S/C24H27N3O3S/c1-13-18(20(27-30-13)14-8-6-5-7-9-14)22(29)26-23-19(21(25)28)16-11-10-15(24(2,3)4)12-17(16)31-23/h5-9,15H,10-12H2,1-4H3,(H2,25,28)(H,26,29)/t15-/m1/s1. The molecule has 2 heterocycles. The monoisotopic (exact) mass is 437 g/mol. The fourth-order valence-corrected chi connectivity index (χ4v) is 5.60. The third kappa shape index (κ3) is 4.02. The third-order valence-electron chi connectivity index (χ3n) is 6.10. The summed E-state index contributed by atoms with van der Waals surface area (Å²) in [6.07, 6.45) is 2.69. The van der Waals surface area contributed by atoms with Crippen molar-refractivity contribution in [3.63, 3.8) is 0 Å². The molecular weight excluding hydrogens is 410 g/mol. The number of rotatable bonds is 4. The zero-order chi connectivity index (χ0) is 22.3. The molecule has 162 valence electrons. The summed E-state index contributed by atoms with van der Waals surface area (Å²) in [6.45, 7) is 8.44. The van der Waals surface area contributed by atoms with Gasteiger partial charge in [-0.3, -0.25) is 9.59 Å². The number of hydrogen-bond acceptors (Lipinski definition) is 5. The summed E-state index contributed by atoms with van der Waals surface area (Å²) in [7, 11) is 0. The number of primary amides is 1. The van der Waals surface area contributed by atoms with Gasteiger partial charge in [0.25, 0.3) is 11.8 Å². The molecule has 1 aromatic carbocycles. The molecule has 0 unspecified atom stereocenters. The fraction of sp³-hybridized carbons (Fsp3) is 0.375. The van der Waals surface area contributed by atoms with Crippen LogP contribution in [0.1, 0.15) is 64.1 Å². The number of aryl methyl sites for hydroxylation is 1. The van der Waals surface area contributed by atoms with Crippen LogP contribution in [0, 0.1) is 18.3 Å². The summed E-state index contributed by atoms with van der Waals surface area (Å²) in [4.78, 5) is 26.7. The van der Waals surface area contributed by atoms with Gasteiger partial charge in [-0.2, -0.15) is 0 Å².